The first kappa shape index (κ1) is 15.4. The predicted octanol–water partition coefficient (Wildman–Crippen LogP) is 5.74. The molecule has 25 heavy (non-hydrogen) atoms. The van der Waals surface area contributed by atoms with Crippen LogP contribution in [0.1, 0.15) is 11.1 Å². The standard InChI is InChI=1S/C23H18O2/c1-15-13-19-20(14-16(15)2)25-23(18-11-7-4-8-12-18)21(22(19)24)17-9-5-3-6-10-17/h3-14H,1-2H3. The minimum atomic E-state index is 0.00871. The van der Waals surface area contributed by atoms with Gasteiger partial charge in [0.2, 0.25) is 5.43 Å². The van der Waals surface area contributed by atoms with E-state index in [4.69, 9.17) is 4.42 Å². The SMILES string of the molecule is Cc1cc2oc(-c3ccccc3)c(-c3ccccc3)c(=O)c2cc1C. The maximum atomic E-state index is 13.3. The summed E-state index contributed by atoms with van der Waals surface area (Å²) < 4.78 is 6.25. The lowest BCUT2D eigenvalue weighted by atomic mass is 9.97. The Labute approximate surface area is 146 Å². The third kappa shape index (κ3) is 2.66. The van der Waals surface area contributed by atoms with E-state index in [-0.39, 0.29) is 5.43 Å². The topological polar surface area (TPSA) is 30.2 Å². The molecule has 2 nitrogen and oxygen atoms in total. The van der Waals surface area contributed by atoms with Crippen LogP contribution in [0.25, 0.3) is 33.4 Å². The molecule has 1 heterocycles. The van der Waals surface area contributed by atoms with Gasteiger partial charge >= 0.3 is 0 Å². The lowest BCUT2D eigenvalue weighted by Crippen LogP contribution is -2.08. The minimum absolute atomic E-state index is 0.00871. The Bertz CT molecular complexity index is 1110. The molecule has 0 aliphatic carbocycles. The van der Waals surface area contributed by atoms with E-state index in [0.29, 0.717) is 22.3 Å². The summed E-state index contributed by atoms with van der Waals surface area (Å²) in [5, 5.41) is 0.627. The van der Waals surface area contributed by atoms with Crippen molar-refractivity contribution in [3.63, 3.8) is 0 Å². The van der Waals surface area contributed by atoms with Crippen molar-refractivity contribution in [2.45, 2.75) is 13.8 Å². The maximum absolute atomic E-state index is 13.3. The van der Waals surface area contributed by atoms with E-state index in [1.807, 2.05) is 86.6 Å². The molecule has 0 saturated heterocycles. The molecule has 4 aromatic rings. The molecule has 1 aromatic heterocycles. The van der Waals surface area contributed by atoms with Crippen molar-refractivity contribution in [1.82, 2.24) is 0 Å². The molecule has 0 aliphatic rings. The van der Waals surface area contributed by atoms with Gasteiger partial charge in [0.1, 0.15) is 11.3 Å². The molecule has 0 aliphatic heterocycles. The first-order chi connectivity index (χ1) is 12.1. The van der Waals surface area contributed by atoms with Crippen LogP contribution in [0.5, 0.6) is 0 Å². The second-order valence-electron chi connectivity index (χ2n) is 6.30. The largest absolute Gasteiger partial charge is 0.455 e. The zero-order valence-electron chi connectivity index (χ0n) is 14.2. The first-order valence-electron chi connectivity index (χ1n) is 8.34. The average molecular weight is 326 g/mol. The summed E-state index contributed by atoms with van der Waals surface area (Å²) in [5.41, 5.74) is 5.23. The monoisotopic (exact) mass is 326 g/mol. The summed E-state index contributed by atoms with van der Waals surface area (Å²) in [6, 6.07) is 23.4. The summed E-state index contributed by atoms with van der Waals surface area (Å²) in [6.45, 7) is 4.05. The van der Waals surface area contributed by atoms with Crippen LogP contribution < -0.4 is 5.43 Å². The van der Waals surface area contributed by atoms with Gasteiger partial charge in [-0.2, -0.15) is 0 Å². The van der Waals surface area contributed by atoms with Crippen LogP contribution in [0.2, 0.25) is 0 Å². The van der Waals surface area contributed by atoms with Gasteiger partial charge in [-0.1, -0.05) is 60.7 Å². The lowest BCUT2D eigenvalue weighted by Gasteiger charge is -2.12. The highest BCUT2D eigenvalue weighted by atomic mass is 16.3. The highest BCUT2D eigenvalue weighted by molar-refractivity contribution is 5.89. The highest BCUT2D eigenvalue weighted by Crippen LogP contribution is 2.33. The van der Waals surface area contributed by atoms with Crippen LogP contribution in [0.4, 0.5) is 0 Å². The normalized spacial score (nSPS) is 11.0. The molecule has 0 fully saturated rings. The Morgan fingerprint density at radius 2 is 1.28 bits per heavy atom. The molecule has 0 N–H and O–H groups in total. The molecule has 2 heteroatoms. The Kier molecular flexibility index (Phi) is 3.73. The third-order valence-electron chi connectivity index (χ3n) is 4.61. The highest BCUT2D eigenvalue weighted by Gasteiger charge is 2.18. The van der Waals surface area contributed by atoms with E-state index in [1.54, 1.807) is 0 Å². The summed E-state index contributed by atoms with van der Waals surface area (Å²) in [4.78, 5) is 13.3. The van der Waals surface area contributed by atoms with Gasteiger partial charge in [-0.25, -0.2) is 0 Å². The van der Waals surface area contributed by atoms with Gasteiger partial charge in [-0.05, 0) is 42.7 Å². The second kappa shape index (κ2) is 6.06. The Balaban J connectivity index is 2.15. The molecular formula is C23H18O2. The summed E-state index contributed by atoms with van der Waals surface area (Å²) in [7, 11) is 0. The Morgan fingerprint density at radius 3 is 1.92 bits per heavy atom. The summed E-state index contributed by atoms with van der Waals surface area (Å²) in [5.74, 6) is 0.618. The van der Waals surface area contributed by atoms with E-state index in [0.717, 1.165) is 22.3 Å². The van der Waals surface area contributed by atoms with Crippen molar-refractivity contribution < 1.29 is 4.42 Å². The third-order valence-corrected chi connectivity index (χ3v) is 4.61. The van der Waals surface area contributed by atoms with Gasteiger partial charge in [0, 0.05) is 5.56 Å². The molecule has 4 rings (SSSR count). The van der Waals surface area contributed by atoms with Crippen molar-refractivity contribution >= 4 is 11.0 Å². The molecule has 0 bridgehead atoms. The fourth-order valence-electron chi connectivity index (χ4n) is 3.11. The van der Waals surface area contributed by atoms with Crippen molar-refractivity contribution in [1.29, 1.82) is 0 Å². The molecule has 122 valence electrons. The number of fused-ring (bicyclic) bond motifs is 1. The van der Waals surface area contributed by atoms with Gasteiger partial charge in [0.15, 0.2) is 0 Å². The van der Waals surface area contributed by atoms with Crippen molar-refractivity contribution in [2.75, 3.05) is 0 Å². The zero-order chi connectivity index (χ0) is 17.4. The summed E-state index contributed by atoms with van der Waals surface area (Å²) >= 11 is 0. The van der Waals surface area contributed by atoms with Crippen LogP contribution in [0.3, 0.4) is 0 Å². The van der Waals surface area contributed by atoms with E-state index in [1.165, 1.54) is 0 Å². The van der Waals surface area contributed by atoms with E-state index < -0.39 is 0 Å². The fourth-order valence-corrected chi connectivity index (χ4v) is 3.11. The molecule has 0 atom stereocenters. The second-order valence-corrected chi connectivity index (χ2v) is 6.30. The number of benzene rings is 3. The quantitative estimate of drug-likeness (QED) is 0.470. The van der Waals surface area contributed by atoms with E-state index in [9.17, 15) is 4.79 Å². The van der Waals surface area contributed by atoms with Gasteiger partial charge in [0.25, 0.3) is 0 Å². The molecule has 0 radical (unpaired) electrons. The lowest BCUT2D eigenvalue weighted by molar-refractivity contribution is 0.620. The van der Waals surface area contributed by atoms with E-state index in [2.05, 4.69) is 0 Å². The molecule has 3 aromatic carbocycles. The first-order valence-corrected chi connectivity index (χ1v) is 8.34. The Hall–Kier alpha value is -3.13. The van der Waals surface area contributed by atoms with Crippen LogP contribution in [-0.2, 0) is 0 Å². The van der Waals surface area contributed by atoms with Crippen LogP contribution in [0, 0.1) is 13.8 Å². The number of aryl methyl sites for hydroxylation is 2. The van der Waals surface area contributed by atoms with Crippen molar-refractivity contribution in [3.05, 3.63) is 94.1 Å². The summed E-state index contributed by atoms with van der Waals surface area (Å²) in [6.07, 6.45) is 0. The molecule has 0 amide bonds. The maximum Gasteiger partial charge on any atom is 0.201 e. The molecule has 0 saturated carbocycles. The van der Waals surface area contributed by atoms with Crippen LogP contribution >= 0.6 is 0 Å². The molecular weight excluding hydrogens is 308 g/mol. The smallest absolute Gasteiger partial charge is 0.201 e. The fraction of sp³-hybridized carbons (Fsp3) is 0.0870. The van der Waals surface area contributed by atoms with Gasteiger partial charge in [-0.3, -0.25) is 4.79 Å². The zero-order valence-corrected chi connectivity index (χ0v) is 14.2. The number of rotatable bonds is 2. The van der Waals surface area contributed by atoms with Gasteiger partial charge in [0.05, 0.1) is 10.9 Å². The molecule has 0 unspecified atom stereocenters. The number of hydrogen-bond donors (Lipinski definition) is 0. The van der Waals surface area contributed by atoms with Crippen molar-refractivity contribution in [2.24, 2.45) is 0 Å². The van der Waals surface area contributed by atoms with Gasteiger partial charge < -0.3 is 4.42 Å². The average Bonchev–Trinajstić information content (AvgIpc) is 2.65. The molecule has 0 spiro atoms. The van der Waals surface area contributed by atoms with Gasteiger partial charge in [-0.15, -0.1) is 0 Å². The predicted molar refractivity (Wildman–Crippen MR) is 103 cm³/mol. The van der Waals surface area contributed by atoms with Crippen LogP contribution in [0.15, 0.2) is 82.0 Å². The van der Waals surface area contributed by atoms with Crippen LogP contribution in [-0.4, -0.2) is 0 Å². The Morgan fingerprint density at radius 1 is 0.720 bits per heavy atom. The van der Waals surface area contributed by atoms with E-state index >= 15 is 0 Å². The van der Waals surface area contributed by atoms with Crippen molar-refractivity contribution in [3.8, 4) is 22.5 Å². The minimum Gasteiger partial charge on any atom is -0.455 e. The number of hydrogen-bond acceptors (Lipinski definition) is 2.